The van der Waals surface area contributed by atoms with Gasteiger partial charge in [-0.3, -0.25) is 0 Å². The topological polar surface area (TPSA) is 21.3 Å². The normalized spacial score (nSPS) is 11.7. The van der Waals surface area contributed by atoms with Gasteiger partial charge in [-0.1, -0.05) is 152 Å². The Bertz CT molecular complexity index is 3510. The van der Waals surface area contributed by atoms with E-state index >= 15 is 0 Å². The van der Waals surface area contributed by atoms with Crippen molar-refractivity contribution in [1.29, 1.82) is 0 Å². The number of benzene rings is 10. The van der Waals surface area contributed by atoms with Crippen molar-refractivity contribution in [3.8, 4) is 27.9 Å². The predicted molar refractivity (Wildman–Crippen MR) is 249 cm³/mol. The SMILES string of the molecule is c1cc(-c2cccc3ccccc23)cc(N(c2ccc(-n3c4ccccc4c4ccccc43)cc2)c2ccccc2-c2cccc3c2oc2cc4ccccc4cc23)c1. The fourth-order valence-electron chi connectivity index (χ4n) is 9.26. The van der Waals surface area contributed by atoms with Gasteiger partial charge in [0, 0.05) is 49.7 Å². The van der Waals surface area contributed by atoms with Crippen LogP contribution in [0.4, 0.5) is 17.1 Å². The van der Waals surface area contributed by atoms with Crippen LogP contribution >= 0.6 is 0 Å². The lowest BCUT2D eigenvalue weighted by Gasteiger charge is -2.28. The molecule has 0 spiro atoms. The van der Waals surface area contributed by atoms with Gasteiger partial charge in [0.2, 0.25) is 0 Å². The third-order valence-electron chi connectivity index (χ3n) is 12.0. The number of rotatable bonds is 6. The summed E-state index contributed by atoms with van der Waals surface area (Å²) < 4.78 is 9.19. The van der Waals surface area contributed by atoms with E-state index in [0.29, 0.717) is 0 Å². The molecular formula is C56H36N2O. The molecule has 3 nitrogen and oxygen atoms in total. The number of fused-ring (bicyclic) bond motifs is 8. The van der Waals surface area contributed by atoms with Gasteiger partial charge in [0.1, 0.15) is 11.2 Å². The molecule has 2 aromatic heterocycles. The number of aromatic nitrogens is 1. The molecule has 0 fully saturated rings. The lowest BCUT2D eigenvalue weighted by Crippen LogP contribution is -2.11. The van der Waals surface area contributed by atoms with Gasteiger partial charge < -0.3 is 13.9 Å². The number of hydrogen-bond acceptors (Lipinski definition) is 2. The summed E-state index contributed by atoms with van der Waals surface area (Å²) in [4.78, 5) is 2.40. The molecule has 2 heterocycles. The van der Waals surface area contributed by atoms with E-state index in [4.69, 9.17) is 4.42 Å². The van der Waals surface area contributed by atoms with E-state index in [1.807, 2.05) is 0 Å². The zero-order valence-corrected chi connectivity index (χ0v) is 32.1. The Morgan fingerprint density at radius 3 is 1.73 bits per heavy atom. The molecule has 10 aromatic carbocycles. The number of hydrogen-bond donors (Lipinski definition) is 0. The second-order valence-electron chi connectivity index (χ2n) is 15.3. The largest absolute Gasteiger partial charge is 0.455 e. The highest BCUT2D eigenvalue weighted by Crippen LogP contribution is 2.46. The minimum Gasteiger partial charge on any atom is -0.455 e. The third kappa shape index (κ3) is 5.36. The van der Waals surface area contributed by atoms with Gasteiger partial charge in [0.05, 0.1) is 16.7 Å². The van der Waals surface area contributed by atoms with Crippen molar-refractivity contribution in [2.45, 2.75) is 0 Å². The summed E-state index contributed by atoms with van der Waals surface area (Å²) in [5, 5.41) is 9.57. The highest BCUT2D eigenvalue weighted by Gasteiger charge is 2.22. The maximum absolute atomic E-state index is 6.82. The van der Waals surface area contributed by atoms with Crippen LogP contribution in [0.3, 0.4) is 0 Å². The molecule has 0 saturated carbocycles. The Morgan fingerprint density at radius 1 is 0.356 bits per heavy atom. The average Bonchev–Trinajstić information content (AvgIpc) is 3.84. The third-order valence-corrected chi connectivity index (χ3v) is 12.0. The maximum atomic E-state index is 6.82. The molecule has 0 saturated heterocycles. The van der Waals surface area contributed by atoms with Crippen LogP contribution in [-0.2, 0) is 0 Å². The molecule has 12 aromatic rings. The maximum Gasteiger partial charge on any atom is 0.143 e. The van der Waals surface area contributed by atoms with E-state index in [1.165, 1.54) is 48.9 Å². The van der Waals surface area contributed by atoms with E-state index in [9.17, 15) is 0 Å². The van der Waals surface area contributed by atoms with Gasteiger partial charge in [0.25, 0.3) is 0 Å². The molecule has 0 N–H and O–H groups in total. The second-order valence-corrected chi connectivity index (χ2v) is 15.3. The summed E-state index contributed by atoms with van der Waals surface area (Å²) in [7, 11) is 0. The standard InChI is InChI=1S/C56H36N2O/c1-2-16-39-36-55-51(35-38(39)15-1)50-26-13-25-49(56(50)59-55)48-23-7-8-27-52(48)57(43-19-11-18-40(34-43)45-24-12-17-37-14-3-4-20-44(37)45)41-30-32-42(33-31-41)58-53-28-9-5-21-46(53)47-22-6-10-29-54(47)58/h1-36H. The molecule has 0 atom stereocenters. The first-order valence-electron chi connectivity index (χ1n) is 20.2. The fourth-order valence-corrected chi connectivity index (χ4v) is 9.26. The van der Waals surface area contributed by atoms with Gasteiger partial charge >= 0.3 is 0 Å². The molecule has 0 aliphatic heterocycles. The molecule has 276 valence electrons. The van der Waals surface area contributed by atoms with E-state index < -0.39 is 0 Å². The zero-order chi connectivity index (χ0) is 38.9. The second kappa shape index (κ2) is 13.4. The molecule has 0 aliphatic carbocycles. The lowest BCUT2D eigenvalue weighted by molar-refractivity contribution is 0.670. The van der Waals surface area contributed by atoms with E-state index in [1.54, 1.807) is 0 Å². The number of furan rings is 1. The fraction of sp³-hybridized carbons (Fsp3) is 0. The molecule has 3 heteroatoms. The summed E-state index contributed by atoms with van der Waals surface area (Å²) in [5.74, 6) is 0. The summed E-state index contributed by atoms with van der Waals surface area (Å²) in [6, 6.07) is 78.7. The first-order valence-corrected chi connectivity index (χ1v) is 20.2. The quantitative estimate of drug-likeness (QED) is 0.169. The zero-order valence-electron chi connectivity index (χ0n) is 32.1. The Morgan fingerprint density at radius 2 is 0.932 bits per heavy atom. The molecule has 0 unspecified atom stereocenters. The highest BCUT2D eigenvalue weighted by molar-refractivity contribution is 6.14. The van der Waals surface area contributed by atoms with Gasteiger partial charge in [0.15, 0.2) is 0 Å². The van der Waals surface area contributed by atoms with Crippen molar-refractivity contribution in [3.63, 3.8) is 0 Å². The number of nitrogens with zero attached hydrogens (tertiary/aromatic N) is 2. The van der Waals surface area contributed by atoms with E-state index in [2.05, 4.69) is 228 Å². The van der Waals surface area contributed by atoms with Gasteiger partial charge in [-0.2, -0.15) is 0 Å². The molecule has 0 radical (unpaired) electrons. The van der Waals surface area contributed by atoms with Crippen LogP contribution in [0.15, 0.2) is 223 Å². The van der Waals surface area contributed by atoms with Gasteiger partial charge in [-0.25, -0.2) is 0 Å². The van der Waals surface area contributed by atoms with E-state index in [0.717, 1.165) is 61.4 Å². The molecular weight excluding hydrogens is 717 g/mol. The molecule has 0 aliphatic rings. The van der Waals surface area contributed by atoms with Crippen LogP contribution in [0.2, 0.25) is 0 Å². The average molecular weight is 753 g/mol. The molecule has 59 heavy (non-hydrogen) atoms. The van der Waals surface area contributed by atoms with Gasteiger partial charge in [-0.05, 0) is 99.4 Å². The predicted octanol–water partition coefficient (Wildman–Crippen LogP) is 15.8. The molecule has 0 bridgehead atoms. The summed E-state index contributed by atoms with van der Waals surface area (Å²) in [6.45, 7) is 0. The Hall–Kier alpha value is -7.88. The first-order chi connectivity index (χ1) is 29.3. The molecule has 12 rings (SSSR count). The summed E-state index contributed by atoms with van der Waals surface area (Å²) >= 11 is 0. The summed E-state index contributed by atoms with van der Waals surface area (Å²) in [6.07, 6.45) is 0. The first kappa shape index (κ1) is 33.3. The Kier molecular flexibility index (Phi) is 7.54. The smallest absolute Gasteiger partial charge is 0.143 e. The Balaban J connectivity index is 1.07. The monoisotopic (exact) mass is 752 g/mol. The molecule has 0 amide bonds. The van der Waals surface area contributed by atoms with Crippen molar-refractivity contribution in [2.75, 3.05) is 4.90 Å². The van der Waals surface area contributed by atoms with Crippen LogP contribution < -0.4 is 4.90 Å². The van der Waals surface area contributed by atoms with Crippen molar-refractivity contribution >= 4 is 82.4 Å². The van der Waals surface area contributed by atoms with Crippen molar-refractivity contribution in [3.05, 3.63) is 218 Å². The lowest BCUT2D eigenvalue weighted by atomic mass is 9.97. The number of anilines is 3. The minimum absolute atomic E-state index is 0.886. The van der Waals surface area contributed by atoms with Crippen LogP contribution in [0.25, 0.3) is 93.2 Å². The Labute approximate surface area is 341 Å². The van der Waals surface area contributed by atoms with Crippen LogP contribution in [0.5, 0.6) is 0 Å². The van der Waals surface area contributed by atoms with Crippen molar-refractivity contribution < 1.29 is 4.42 Å². The van der Waals surface area contributed by atoms with Crippen LogP contribution in [0.1, 0.15) is 0 Å². The van der Waals surface area contributed by atoms with Crippen LogP contribution in [0, 0.1) is 0 Å². The van der Waals surface area contributed by atoms with Crippen molar-refractivity contribution in [1.82, 2.24) is 4.57 Å². The van der Waals surface area contributed by atoms with Crippen molar-refractivity contribution in [2.24, 2.45) is 0 Å². The summed E-state index contributed by atoms with van der Waals surface area (Å²) in [5.41, 5.74) is 13.0. The van der Waals surface area contributed by atoms with Gasteiger partial charge in [-0.15, -0.1) is 0 Å². The minimum atomic E-state index is 0.886. The number of para-hydroxylation sites is 4. The van der Waals surface area contributed by atoms with E-state index in [-0.39, 0.29) is 0 Å². The van der Waals surface area contributed by atoms with Crippen LogP contribution in [-0.4, -0.2) is 4.57 Å². The highest BCUT2D eigenvalue weighted by atomic mass is 16.3.